The summed E-state index contributed by atoms with van der Waals surface area (Å²) >= 11 is 3.50. The van der Waals surface area contributed by atoms with Gasteiger partial charge in [-0.3, -0.25) is 4.31 Å². The number of nitrogens with zero attached hydrogens (tertiary/aromatic N) is 1. The van der Waals surface area contributed by atoms with E-state index in [4.69, 9.17) is 4.74 Å². The van der Waals surface area contributed by atoms with Gasteiger partial charge in [-0.2, -0.15) is 0 Å². The van der Waals surface area contributed by atoms with E-state index < -0.39 is 11.0 Å². The number of methoxy groups -OCH3 is 1. The smallest absolute Gasteiger partial charge is 0.153 e. The second-order valence-electron chi connectivity index (χ2n) is 5.72. The maximum atomic E-state index is 13.0. The van der Waals surface area contributed by atoms with Crippen molar-refractivity contribution in [1.29, 1.82) is 0 Å². The summed E-state index contributed by atoms with van der Waals surface area (Å²) in [6, 6.07) is 14.2. The zero-order valence-corrected chi connectivity index (χ0v) is 16.2. The lowest BCUT2D eigenvalue weighted by atomic mass is 9.97. The molecule has 3 rings (SSSR count). The predicted octanol–water partition coefficient (Wildman–Crippen LogP) is 3.64. The van der Waals surface area contributed by atoms with Crippen molar-refractivity contribution in [2.45, 2.75) is 17.4 Å². The van der Waals surface area contributed by atoms with Gasteiger partial charge >= 0.3 is 0 Å². The SMILES string of the molecule is COCCCNC1c2ccccc2N(C)S(=O)c2cc(Br)ccc21. The molecular weight excluding hydrogens is 388 g/mol. The molecule has 0 aromatic heterocycles. The Labute approximate surface area is 153 Å². The maximum absolute atomic E-state index is 13.0. The van der Waals surface area contributed by atoms with E-state index in [1.807, 2.05) is 41.7 Å². The van der Waals surface area contributed by atoms with Gasteiger partial charge in [-0.25, -0.2) is 4.21 Å². The first-order valence-electron chi connectivity index (χ1n) is 7.90. The van der Waals surface area contributed by atoms with Crippen LogP contribution >= 0.6 is 15.9 Å². The summed E-state index contributed by atoms with van der Waals surface area (Å²) < 4.78 is 21.0. The van der Waals surface area contributed by atoms with Gasteiger partial charge in [0, 0.05) is 25.2 Å². The lowest BCUT2D eigenvalue weighted by Gasteiger charge is -2.22. The van der Waals surface area contributed by atoms with Crippen molar-refractivity contribution in [3.63, 3.8) is 0 Å². The highest BCUT2D eigenvalue weighted by Gasteiger charge is 2.29. The number of rotatable bonds is 5. The highest BCUT2D eigenvalue weighted by Crippen LogP contribution is 2.39. The zero-order chi connectivity index (χ0) is 17.1. The normalized spacial score (nSPS) is 19.5. The van der Waals surface area contributed by atoms with Crippen molar-refractivity contribution >= 4 is 32.6 Å². The number of nitrogens with one attached hydrogen (secondary N) is 1. The molecule has 4 nitrogen and oxygen atoms in total. The Morgan fingerprint density at radius 1 is 1.25 bits per heavy atom. The molecule has 2 unspecified atom stereocenters. The molecule has 128 valence electrons. The van der Waals surface area contributed by atoms with Gasteiger partial charge in [0.2, 0.25) is 0 Å². The Bertz CT molecular complexity index is 754. The number of anilines is 1. The van der Waals surface area contributed by atoms with Crippen molar-refractivity contribution in [2.24, 2.45) is 0 Å². The molecule has 0 saturated heterocycles. The number of benzene rings is 2. The van der Waals surface area contributed by atoms with Gasteiger partial charge < -0.3 is 10.1 Å². The zero-order valence-electron chi connectivity index (χ0n) is 13.8. The second-order valence-corrected chi connectivity index (χ2v) is 8.12. The lowest BCUT2D eigenvalue weighted by Crippen LogP contribution is -2.25. The standard InChI is InChI=1S/C18H21BrN2O2S/c1-21-16-7-4-3-6-14(16)18(20-10-5-11-23-2)15-9-8-13(19)12-17(15)24(21)22/h3-4,6-9,12,18,20H,5,10-11H2,1-2H3. The van der Waals surface area contributed by atoms with Crippen molar-refractivity contribution in [3.8, 4) is 0 Å². The van der Waals surface area contributed by atoms with Crippen LogP contribution in [-0.4, -0.2) is 31.5 Å². The number of hydrogen-bond acceptors (Lipinski definition) is 3. The Hall–Kier alpha value is -1.21. The summed E-state index contributed by atoms with van der Waals surface area (Å²) in [7, 11) is 2.36. The number of para-hydroxylation sites is 1. The van der Waals surface area contributed by atoms with Gasteiger partial charge in [0.15, 0.2) is 11.0 Å². The molecule has 2 aromatic rings. The molecule has 1 heterocycles. The van der Waals surface area contributed by atoms with E-state index in [0.717, 1.165) is 45.8 Å². The molecule has 0 bridgehead atoms. The highest BCUT2D eigenvalue weighted by molar-refractivity contribution is 9.10. The molecule has 0 radical (unpaired) electrons. The third-order valence-electron chi connectivity index (χ3n) is 4.18. The van der Waals surface area contributed by atoms with Gasteiger partial charge in [-0.15, -0.1) is 0 Å². The summed E-state index contributed by atoms with van der Waals surface area (Å²) in [4.78, 5) is 0.840. The van der Waals surface area contributed by atoms with Crippen LogP contribution in [-0.2, 0) is 15.7 Å². The highest BCUT2D eigenvalue weighted by atomic mass is 79.9. The van der Waals surface area contributed by atoms with Gasteiger partial charge in [0.05, 0.1) is 16.6 Å². The lowest BCUT2D eigenvalue weighted by molar-refractivity contribution is 0.193. The monoisotopic (exact) mass is 408 g/mol. The molecule has 2 atom stereocenters. The first kappa shape index (κ1) is 17.6. The molecule has 0 spiro atoms. The third kappa shape index (κ3) is 3.42. The van der Waals surface area contributed by atoms with Crippen molar-refractivity contribution in [2.75, 3.05) is 31.6 Å². The van der Waals surface area contributed by atoms with Crippen LogP contribution in [0.15, 0.2) is 51.8 Å². The minimum atomic E-state index is -1.24. The molecule has 0 saturated carbocycles. The van der Waals surface area contributed by atoms with Gasteiger partial charge in [-0.05, 0) is 42.3 Å². The molecule has 1 aliphatic heterocycles. The fraction of sp³-hybridized carbons (Fsp3) is 0.333. The second kappa shape index (κ2) is 7.78. The molecule has 2 aromatic carbocycles. The Morgan fingerprint density at radius 3 is 2.83 bits per heavy atom. The Morgan fingerprint density at radius 2 is 2.04 bits per heavy atom. The van der Waals surface area contributed by atoms with E-state index in [1.54, 1.807) is 7.11 Å². The molecule has 0 amide bonds. The summed E-state index contributed by atoms with van der Waals surface area (Å²) in [6.45, 7) is 1.55. The maximum Gasteiger partial charge on any atom is 0.153 e. The molecule has 1 N–H and O–H groups in total. The topological polar surface area (TPSA) is 41.6 Å². The van der Waals surface area contributed by atoms with E-state index >= 15 is 0 Å². The van der Waals surface area contributed by atoms with Gasteiger partial charge in [0.25, 0.3) is 0 Å². The number of halogens is 1. The van der Waals surface area contributed by atoms with Crippen LogP contribution in [0.2, 0.25) is 0 Å². The van der Waals surface area contributed by atoms with Crippen molar-refractivity contribution < 1.29 is 8.95 Å². The van der Waals surface area contributed by atoms with E-state index in [2.05, 4.69) is 33.4 Å². The average Bonchev–Trinajstić information content (AvgIpc) is 2.68. The molecule has 24 heavy (non-hydrogen) atoms. The van der Waals surface area contributed by atoms with Crippen LogP contribution in [0.4, 0.5) is 5.69 Å². The molecule has 1 aliphatic rings. The van der Waals surface area contributed by atoms with Crippen LogP contribution in [0.3, 0.4) is 0 Å². The van der Waals surface area contributed by atoms with E-state index in [9.17, 15) is 4.21 Å². The summed E-state index contributed by atoms with van der Waals surface area (Å²) in [5.41, 5.74) is 3.20. The first-order chi connectivity index (χ1) is 11.6. The number of fused-ring (bicyclic) bond motifs is 2. The van der Waals surface area contributed by atoms with Crippen LogP contribution in [0.25, 0.3) is 0 Å². The average molecular weight is 409 g/mol. The Balaban J connectivity index is 2.07. The molecule has 6 heteroatoms. The summed E-state index contributed by atoms with van der Waals surface area (Å²) in [5, 5.41) is 3.61. The van der Waals surface area contributed by atoms with Crippen LogP contribution in [0.5, 0.6) is 0 Å². The minimum Gasteiger partial charge on any atom is -0.385 e. The first-order valence-corrected chi connectivity index (χ1v) is 9.79. The van der Waals surface area contributed by atoms with Crippen LogP contribution in [0.1, 0.15) is 23.6 Å². The van der Waals surface area contributed by atoms with Crippen molar-refractivity contribution in [3.05, 3.63) is 58.1 Å². The van der Waals surface area contributed by atoms with E-state index in [-0.39, 0.29) is 6.04 Å². The van der Waals surface area contributed by atoms with Crippen LogP contribution < -0.4 is 9.62 Å². The Kier molecular flexibility index (Phi) is 5.71. The quantitative estimate of drug-likeness (QED) is 0.767. The molecule has 0 aliphatic carbocycles. The fourth-order valence-corrected chi connectivity index (χ4v) is 4.77. The summed E-state index contributed by atoms with van der Waals surface area (Å²) in [5.74, 6) is 0. The largest absolute Gasteiger partial charge is 0.385 e. The van der Waals surface area contributed by atoms with E-state index in [0.29, 0.717) is 0 Å². The fourth-order valence-electron chi connectivity index (χ4n) is 3.00. The van der Waals surface area contributed by atoms with E-state index in [1.165, 1.54) is 0 Å². The number of ether oxygens (including phenoxy) is 1. The predicted molar refractivity (Wildman–Crippen MR) is 102 cm³/mol. The molecular formula is C18H21BrN2O2S. The summed E-state index contributed by atoms with van der Waals surface area (Å²) in [6.07, 6.45) is 0.931. The third-order valence-corrected chi connectivity index (χ3v) is 6.10. The van der Waals surface area contributed by atoms with Gasteiger partial charge in [-0.1, -0.05) is 40.2 Å². The van der Waals surface area contributed by atoms with Gasteiger partial charge in [0.1, 0.15) is 0 Å². The van der Waals surface area contributed by atoms with Crippen molar-refractivity contribution in [1.82, 2.24) is 5.32 Å². The van der Waals surface area contributed by atoms with Crippen LogP contribution in [0, 0.1) is 0 Å². The minimum absolute atomic E-state index is 0.00931. The molecule has 0 fully saturated rings. The number of hydrogen-bond donors (Lipinski definition) is 1.